The average Bonchev–Trinajstić information content (AvgIpc) is 2.98. The SMILES string of the molecule is CCCCCC(C)CCCCCC(C)C[SiH2]c1cncc(-c2ncccc2O[SiH2]CCCC(C)C(C)CCCC)n1. The van der Waals surface area contributed by atoms with Crippen molar-refractivity contribution in [2.24, 2.45) is 23.7 Å². The Morgan fingerprint density at radius 2 is 1.44 bits per heavy atom. The van der Waals surface area contributed by atoms with E-state index in [0.29, 0.717) is 0 Å². The van der Waals surface area contributed by atoms with Crippen LogP contribution >= 0.6 is 0 Å². The fraction of sp³-hybridized carbons (Fsp3) is 0.743. The summed E-state index contributed by atoms with van der Waals surface area (Å²) in [6.45, 7) is 14.3. The van der Waals surface area contributed by atoms with Crippen molar-refractivity contribution in [1.82, 2.24) is 15.0 Å². The lowest BCUT2D eigenvalue weighted by Gasteiger charge is -2.19. The number of pyridine rings is 1. The third-order valence-electron chi connectivity index (χ3n) is 9.08. The molecule has 0 radical (unpaired) electrons. The summed E-state index contributed by atoms with van der Waals surface area (Å²) < 4.78 is 6.36. The first-order chi connectivity index (χ1) is 19.9. The first kappa shape index (κ1) is 35.7. The zero-order valence-electron chi connectivity index (χ0n) is 27.7. The number of aromatic nitrogens is 3. The number of rotatable bonds is 24. The van der Waals surface area contributed by atoms with Gasteiger partial charge in [0.05, 0.1) is 15.7 Å². The molecule has 2 aromatic heterocycles. The van der Waals surface area contributed by atoms with Crippen LogP contribution in [-0.4, -0.2) is 34.2 Å². The van der Waals surface area contributed by atoms with Gasteiger partial charge in [-0.25, -0.2) is 0 Å². The molecule has 2 rings (SSSR count). The standard InChI is InChI=1S/C35H63N3OSi2/c1-7-9-12-17-28(3)18-13-11-14-19-29(4)27-40-34-26-36-25-32(38-34)35-33(22-15-23-37-35)39-41-24-16-21-31(6)30(5)20-10-8-2/h15,22-23,25-26,28-31H,7-14,16-21,24,27,40-41H2,1-6H3. The largest absolute Gasteiger partial charge is 0.548 e. The number of nitrogens with zero attached hydrogens (tertiary/aromatic N) is 3. The molecule has 6 heteroatoms. The van der Waals surface area contributed by atoms with E-state index >= 15 is 0 Å². The Bertz CT molecular complexity index is 928. The highest BCUT2D eigenvalue weighted by atomic mass is 28.2. The van der Waals surface area contributed by atoms with E-state index in [1.165, 1.54) is 107 Å². The van der Waals surface area contributed by atoms with Crippen LogP contribution in [0, 0.1) is 23.7 Å². The number of hydrogen-bond donors (Lipinski definition) is 0. The van der Waals surface area contributed by atoms with E-state index in [9.17, 15) is 0 Å². The number of hydrogen-bond acceptors (Lipinski definition) is 4. The van der Waals surface area contributed by atoms with Crippen LogP contribution in [0.1, 0.15) is 131 Å². The van der Waals surface area contributed by atoms with Gasteiger partial charge in [-0.3, -0.25) is 15.0 Å². The molecule has 0 aliphatic rings. The molecule has 4 unspecified atom stereocenters. The summed E-state index contributed by atoms with van der Waals surface area (Å²) in [5.74, 6) is 4.22. The molecule has 4 atom stereocenters. The monoisotopic (exact) mass is 597 g/mol. The van der Waals surface area contributed by atoms with Crippen molar-refractivity contribution < 1.29 is 4.43 Å². The van der Waals surface area contributed by atoms with Crippen LogP contribution in [0.2, 0.25) is 12.1 Å². The Balaban J connectivity index is 1.73. The van der Waals surface area contributed by atoms with Gasteiger partial charge in [0.1, 0.15) is 17.1 Å². The maximum Gasteiger partial charge on any atom is 0.219 e. The third-order valence-corrected chi connectivity index (χ3v) is 12.5. The van der Waals surface area contributed by atoms with Crippen LogP contribution in [0.5, 0.6) is 5.75 Å². The lowest BCUT2D eigenvalue weighted by atomic mass is 9.88. The van der Waals surface area contributed by atoms with Crippen LogP contribution in [0.25, 0.3) is 11.4 Å². The van der Waals surface area contributed by atoms with Crippen molar-refractivity contribution in [2.75, 3.05) is 0 Å². The molecule has 0 fully saturated rings. The van der Waals surface area contributed by atoms with Crippen molar-refractivity contribution >= 4 is 24.6 Å². The molecule has 2 aromatic rings. The van der Waals surface area contributed by atoms with Gasteiger partial charge in [0.25, 0.3) is 0 Å². The molecule has 4 nitrogen and oxygen atoms in total. The van der Waals surface area contributed by atoms with E-state index in [1.807, 2.05) is 24.7 Å². The van der Waals surface area contributed by atoms with E-state index in [2.05, 4.69) is 57.6 Å². The molecule has 0 bridgehead atoms. The molecule has 41 heavy (non-hydrogen) atoms. The van der Waals surface area contributed by atoms with Crippen LogP contribution in [-0.2, 0) is 0 Å². The van der Waals surface area contributed by atoms with Gasteiger partial charge in [0, 0.05) is 17.7 Å². The van der Waals surface area contributed by atoms with Crippen LogP contribution in [0.4, 0.5) is 0 Å². The summed E-state index contributed by atoms with van der Waals surface area (Å²) >= 11 is 0. The minimum atomic E-state index is -0.629. The van der Waals surface area contributed by atoms with Crippen molar-refractivity contribution in [1.29, 1.82) is 0 Å². The van der Waals surface area contributed by atoms with Gasteiger partial charge in [0.2, 0.25) is 9.76 Å². The Morgan fingerprint density at radius 3 is 2.17 bits per heavy atom. The van der Waals surface area contributed by atoms with Crippen molar-refractivity contribution in [3.05, 3.63) is 30.7 Å². The van der Waals surface area contributed by atoms with Gasteiger partial charge >= 0.3 is 0 Å². The highest BCUT2D eigenvalue weighted by molar-refractivity contribution is 6.52. The molecule has 0 amide bonds. The topological polar surface area (TPSA) is 47.9 Å². The summed E-state index contributed by atoms with van der Waals surface area (Å²) in [6, 6.07) is 6.56. The smallest absolute Gasteiger partial charge is 0.219 e. The molecule has 0 spiro atoms. The lowest BCUT2D eigenvalue weighted by molar-refractivity contribution is 0.333. The zero-order chi connectivity index (χ0) is 29.7. The first-order valence-corrected chi connectivity index (χ1v) is 20.6. The van der Waals surface area contributed by atoms with Gasteiger partial charge in [-0.05, 0) is 41.8 Å². The minimum absolute atomic E-state index is 0.439. The van der Waals surface area contributed by atoms with Crippen LogP contribution in [0.15, 0.2) is 30.7 Å². The maximum absolute atomic E-state index is 6.36. The van der Waals surface area contributed by atoms with Crippen LogP contribution < -0.4 is 9.74 Å². The van der Waals surface area contributed by atoms with Gasteiger partial charge in [0.15, 0.2) is 0 Å². The van der Waals surface area contributed by atoms with E-state index in [0.717, 1.165) is 40.8 Å². The summed E-state index contributed by atoms with van der Waals surface area (Å²) in [5.41, 5.74) is 1.74. The molecular weight excluding hydrogens is 535 g/mol. The predicted molar refractivity (Wildman–Crippen MR) is 185 cm³/mol. The summed E-state index contributed by atoms with van der Waals surface area (Å²) in [5, 5.41) is 1.20. The van der Waals surface area contributed by atoms with Crippen molar-refractivity contribution in [2.45, 2.75) is 144 Å². The molecule has 0 saturated heterocycles. The average molecular weight is 598 g/mol. The number of unbranched alkanes of at least 4 members (excludes halogenated alkanes) is 5. The van der Waals surface area contributed by atoms with Gasteiger partial charge in [-0.2, -0.15) is 0 Å². The second-order valence-corrected chi connectivity index (χ2v) is 16.3. The molecule has 0 aliphatic heterocycles. The molecule has 232 valence electrons. The van der Waals surface area contributed by atoms with Crippen molar-refractivity contribution in [3.63, 3.8) is 0 Å². The minimum Gasteiger partial charge on any atom is -0.548 e. The highest BCUT2D eigenvalue weighted by Crippen LogP contribution is 2.26. The fourth-order valence-corrected chi connectivity index (χ4v) is 8.46. The zero-order valence-corrected chi connectivity index (χ0v) is 30.5. The summed E-state index contributed by atoms with van der Waals surface area (Å²) in [7, 11) is -1.07. The third kappa shape index (κ3) is 15.5. The normalized spacial score (nSPS) is 15.1. The second kappa shape index (κ2) is 22.1. The summed E-state index contributed by atoms with van der Waals surface area (Å²) in [4.78, 5) is 14.2. The first-order valence-electron chi connectivity index (χ1n) is 17.3. The Morgan fingerprint density at radius 1 is 0.756 bits per heavy atom. The molecule has 0 saturated carbocycles. The molecule has 2 heterocycles. The van der Waals surface area contributed by atoms with E-state index < -0.39 is 19.3 Å². The molecule has 0 aliphatic carbocycles. The molecule has 0 N–H and O–H groups in total. The van der Waals surface area contributed by atoms with Gasteiger partial charge in [-0.15, -0.1) is 0 Å². The maximum atomic E-state index is 6.36. The molecule has 0 aromatic carbocycles. The Kier molecular flexibility index (Phi) is 19.2. The van der Waals surface area contributed by atoms with Gasteiger partial charge < -0.3 is 4.43 Å². The fourth-order valence-electron chi connectivity index (χ4n) is 5.77. The Hall–Kier alpha value is -1.54. The molecular formula is C35H63N3OSi2. The van der Waals surface area contributed by atoms with E-state index in [-0.39, 0.29) is 0 Å². The van der Waals surface area contributed by atoms with Crippen LogP contribution in [0.3, 0.4) is 0 Å². The Labute approximate surface area is 258 Å². The lowest BCUT2D eigenvalue weighted by Crippen LogP contribution is -2.21. The van der Waals surface area contributed by atoms with E-state index in [4.69, 9.17) is 9.41 Å². The quantitative estimate of drug-likeness (QED) is 0.0897. The van der Waals surface area contributed by atoms with Crippen molar-refractivity contribution in [3.8, 4) is 17.1 Å². The van der Waals surface area contributed by atoms with E-state index in [1.54, 1.807) is 0 Å². The highest BCUT2D eigenvalue weighted by Gasteiger charge is 2.13. The summed E-state index contributed by atoms with van der Waals surface area (Å²) in [6.07, 6.45) is 24.8. The predicted octanol–water partition coefficient (Wildman–Crippen LogP) is 8.68. The van der Waals surface area contributed by atoms with Gasteiger partial charge in [-0.1, -0.05) is 137 Å². The second-order valence-electron chi connectivity index (χ2n) is 13.1.